The molecule has 10 heteroatoms. The summed E-state index contributed by atoms with van der Waals surface area (Å²) in [5.41, 5.74) is 3.71. The van der Waals surface area contributed by atoms with Crippen LogP contribution in [0.15, 0.2) is 54.0 Å². The molecule has 0 radical (unpaired) electrons. The van der Waals surface area contributed by atoms with Gasteiger partial charge in [0.2, 0.25) is 5.88 Å². The van der Waals surface area contributed by atoms with Crippen molar-refractivity contribution in [1.29, 1.82) is 0 Å². The molecule has 2 aromatic heterocycles. The number of ether oxygens (including phenoxy) is 2. The third-order valence-corrected chi connectivity index (χ3v) is 4.79. The molecule has 1 amide bonds. The van der Waals surface area contributed by atoms with Gasteiger partial charge in [-0.3, -0.25) is 14.7 Å². The number of likely N-dealkylation sites (N-methyl/N-ethyl adjacent to an activating group) is 1. The van der Waals surface area contributed by atoms with E-state index in [2.05, 4.69) is 30.4 Å². The number of hydrogen-bond acceptors (Lipinski definition) is 8. The summed E-state index contributed by atoms with van der Waals surface area (Å²) in [6.07, 6.45) is 5.81. The Balaban J connectivity index is 1.40. The SMILES string of the molecule is COc1ccc(F)c(/C=N/NC(=O)c2cncc(-c3ccc(OC4CN(C)C4)nc3)n2)c1. The number of methoxy groups -OCH3 is 1. The van der Waals surface area contributed by atoms with Gasteiger partial charge in [0.25, 0.3) is 5.91 Å². The Morgan fingerprint density at radius 3 is 2.81 bits per heavy atom. The second kappa shape index (κ2) is 9.48. The Hall–Kier alpha value is -3.92. The van der Waals surface area contributed by atoms with Gasteiger partial charge in [-0.05, 0) is 31.3 Å². The molecule has 1 fully saturated rings. The van der Waals surface area contributed by atoms with Crippen molar-refractivity contribution >= 4 is 12.1 Å². The lowest BCUT2D eigenvalue weighted by Crippen LogP contribution is -2.51. The highest BCUT2D eigenvalue weighted by molar-refractivity contribution is 5.93. The first-order chi connectivity index (χ1) is 15.5. The van der Waals surface area contributed by atoms with Crippen LogP contribution in [0.4, 0.5) is 4.39 Å². The third-order valence-electron chi connectivity index (χ3n) is 4.79. The highest BCUT2D eigenvalue weighted by Crippen LogP contribution is 2.20. The Labute approximate surface area is 183 Å². The van der Waals surface area contributed by atoms with E-state index in [1.54, 1.807) is 18.3 Å². The molecule has 1 saturated heterocycles. The smallest absolute Gasteiger partial charge is 0.291 e. The number of nitrogens with one attached hydrogen (secondary N) is 1. The van der Waals surface area contributed by atoms with Gasteiger partial charge in [-0.15, -0.1) is 0 Å². The number of likely N-dealkylation sites (tertiary alicyclic amines) is 1. The summed E-state index contributed by atoms with van der Waals surface area (Å²) in [5.74, 6) is -0.0635. The maximum Gasteiger partial charge on any atom is 0.291 e. The van der Waals surface area contributed by atoms with Gasteiger partial charge in [0, 0.05) is 36.5 Å². The zero-order chi connectivity index (χ0) is 22.5. The first-order valence-electron chi connectivity index (χ1n) is 9.82. The largest absolute Gasteiger partial charge is 0.497 e. The molecule has 32 heavy (non-hydrogen) atoms. The van der Waals surface area contributed by atoms with E-state index in [1.807, 2.05) is 7.05 Å². The quantitative estimate of drug-likeness (QED) is 0.447. The summed E-state index contributed by atoms with van der Waals surface area (Å²) in [4.78, 5) is 27.2. The normalized spacial score (nSPS) is 14.2. The van der Waals surface area contributed by atoms with Crippen molar-refractivity contribution in [2.45, 2.75) is 6.10 Å². The van der Waals surface area contributed by atoms with Crippen molar-refractivity contribution in [2.24, 2.45) is 5.10 Å². The summed E-state index contributed by atoms with van der Waals surface area (Å²) in [6.45, 7) is 1.75. The van der Waals surface area contributed by atoms with Crippen LogP contribution in [0.25, 0.3) is 11.3 Å². The van der Waals surface area contributed by atoms with Crippen LogP contribution in [0, 0.1) is 5.82 Å². The van der Waals surface area contributed by atoms with Gasteiger partial charge in [-0.2, -0.15) is 5.10 Å². The van der Waals surface area contributed by atoms with Crippen LogP contribution in [0.2, 0.25) is 0 Å². The minimum absolute atomic E-state index is 0.0589. The molecule has 9 nitrogen and oxygen atoms in total. The maximum absolute atomic E-state index is 13.8. The molecular formula is C22H21FN6O3. The second-order valence-electron chi connectivity index (χ2n) is 7.22. The van der Waals surface area contributed by atoms with E-state index >= 15 is 0 Å². The van der Waals surface area contributed by atoms with Crippen molar-refractivity contribution in [3.05, 3.63) is 66.0 Å². The minimum atomic E-state index is -0.582. The molecule has 0 saturated carbocycles. The number of amides is 1. The van der Waals surface area contributed by atoms with Crippen LogP contribution in [-0.4, -0.2) is 65.3 Å². The van der Waals surface area contributed by atoms with Gasteiger partial charge in [-0.1, -0.05) is 0 Å². The predicted octanol–water partition coefficient (Wildman–Crippen LogP) is 2.14. The molecule has 164 valence electrons. The molecule has 0 spiro atoms. The molecule has 3 aromatic rings. The number of carbonyl (C=O) groups excluding carboxylic acids is 1. The van der Waals surface area contributed by atoms with Gasteiger partial charge in [0.15, 0.2) is 0 Å². The van der Waals surface area contributed by atoms with Crippen LogP contribution < -0.4 is 14.9 Å². The van der Waals surface area contributed by atoms with Crippen molar-refractivity contribution in [3.63, 3.8) is 0 Å². The van der Waals surface area contributed by atoms with Crippen LogP contribution in [-0.2, 0) is 0 Å². The number of rotatable bonds is 7. The van der Waals surface area contributed by atoms with Crippen LogP contribution in [0.1, 0.15) is 16.1 Å². The number of hydrogen-bond donors (Lipinski definition) is 1. The Bertz CT molecular complexity index is 1130. The van der Waals surface area contributed by atoms with Gasteiger partial charge in [0.05, 0.1) is 31.4 Å². The molecule has 1 aromatic carbocycles. The van der Waals surface area contributed by atoms with E-state index in [0.29, 0.717) is 22.9 Å². The number of carbonyl (C=O) groups is 1. The molecule has 1 N–H and O–H groups in total. The second-order valence-corrected chi connectivity index (χ2v) is 7.22. The van der Waals surface area contributed by atoms with Crippen molar-refractivity contribution in [1.82, 2.24) is 25.3 Å². The fourth-order valence-corrected chi connectivity index (χ4v) is 3.07. The maximum atomic E-state index is 13.8. The summed E-state index contributed by atoms with van der Waals surface area (Å²) in [7, 11) is 3.51. The zero-order valence-corrected chi connectivity index (χ0v) is 17.5. The van der Waals surface area contributed by atoms with Gasteiger partial charge in [0.1, 0.15) is 23.4 Å². The number of nitrogens with zero attached hydrogens (tertiary/aromatic N) is 5. The first-order valence-corrected chi connectivity index (χ1v) is 9.82. The predicted molar refractivity (Wildman–Crippen MR) is 115 cm³/mol. The average Bonchev–Trinajstić information content (AvgIpc) is 2.80. The molecule has 0 aliphatic carbocycles. The Kier molecular flexibility index (Phi) is 6.31. The number of aromatic nitrogens is 3. The number of pyridine rings is 1. The van der Waals surface area contributed by atoms with Crippen LogP contribution in [0.3, 0.4) is 0 Å². The van der Waals surface area contributed by atoms with E-state index in [0.717, 1.165) is 13.1 Å². The first kappa shape index (κ1) is 21.3. The Morgan fingerprint density at radius 2 is 2.09 bits per heavy atom. The van der Waals surface area contributed by atoms with E-state index in [9.17, 15) is 9.18 Å². The molecule has 1 aliphatic rings. The van der Waals surface area contributed by atoms with E-state index < -0.39 is 11.7 Å². The van der Waals surface area contributed by atoms with E-state index in [1.165, 1.54) is 43.9 Å². The fraction of sp³-hybridized carbons (Fsp3) is 0.227. The monoisotopic (exact) mass is 436 g/mol. The van der Waals surface area contributed by atoms with Gasteiger partial charge >= 0.3 is 0 Å². The lowest BCUT2D eigenvalue weighted by Gasteiger charge is -2.35. The zero-order valence-electron chi connectivity index (χ0n) is 17.5. The summed E-state index contributed by atoms with van der Waals surface area (Å²) < 4.78 is 24.7. The molecule has 0 unspecified atom stereocenters. The lowest BCUT2D eigenvalue weighted by atomic mass is 10.2. The topological polar surface area (TPSA) is 102 Å². The summed E-state index contributed by atoms with van der Waals surface area (Å²) in [6, 6.07) is 7.78. The number of halogens is 1. The highest BCUT2D eigenvalue weighted by atomic mass is 19.1. The molecule has 4 rings (SSSR count). The van der Waals surface area contributed by atoms with E-state index in [4.69, 9.17) is 9.47 Å². The van der Waals surface area contributed by atoms with Crippen LogP contribution >= 0.6 is 0 Å². The van der Waals surface area contributed by atoms with Crippen molar-refractivity contribution in [2.75, 3.05) is 27.2 Å². The standard InChI is InChI=1S/C22H21FN6O3/c1-29-12-17(13-29)32-21-6-3-14(8-25-21)19-10-24-11-20(27-19)22(30)28-26-9-15-7-16(31-2)4-5-18(15)23/h3-11,17H,12-13H2,1-2H3,(H,28,30)/b26-9+. The molecule has 1 aliphatic heterocycles. The summed E-state index contributed by atoms with van der Waals surface area (Å²) >= 11 is 0. The average molecular weight is 436 g/mol. The highest BCUT2D eigenvalue weighted by Gasteiger charge is 2.25. The lowest BCUT2D eigenvalue weighted by molar-refractivity contribution is 0.0356. The number of benzene rings is 1. The van der Waals surface area contributed by atoms with Crippen molar-refractivity contribution < 1.29 is 18.7 Å². The molecule has 3 heterocycles. The molecule has 0 atom stereocenters. The third kappa shape index (κ3) is 5.03. The minimum Gasteiger partial charge on any atom is -0.497 e. The number of hydrazone groups is 1. The molecule has 0 bridgehead atoms. The fourth-order valence-electron chi connectivity index (χ4n) is 3.07. The van der Waals surface area contributed by atoms with Crippen LogP contribution in [0.5, 0.6) is 11.6 Å². The van der Waals surface area contributed by atoms with Gasteiger partial charge < -0.3 is 9.47 Å². The molecular weight excluding hydrogens is 415 g/mol. The van der Waals surface area contributed by atoms with E-state index in [-0.39, 0.29) is 17.4 Å². The van der Waals surface area contributed by atoms with Crippen molar-refractivity contribution in [3.8, 4) is 22.9 Å². The summed E-state index contributed by atoms with van der Waals surface area (Å²) in [5, 5.41) is 3.79. The Morgan fingerprint density at radius 1 is 1.25 bits per heavy atom. The van der Waals surface area contributed by atoms with Gasteiger partial charge in [-0.25, -0.2) is 19.8 Å².